The van der Waals surface area contributed by atoms with Crippen molar-refractivity contribution in [3.8, 4) is 17.0 Å². The van der Waals surface area contributed by atoms with Crippen molar-refractivity contribution in [2.75, 3.05) is 7.11 Å². The maximum Gasteiger partial charge on any atom is 0.513 e. The van der Waals surface area contributed by atoms with Crippen LogP contribution in [0.1, 0.15) is 0 Å². The summed E-state index contributed by atoms with van der Waals surface area (Å²) in [6, 6.07) is 9.49. The van der Waals surface area contributed by atoms with E-state index in [9.17, 15) is 9.18 Å². The fourth-order valence-corrected chi connectivity index (χ4v) is 1.96. The Morgan fingerprint density at radius 3 is 2.86 bits per heavy atom. The van der Waals surface area contributed by atoms with Crippen molar-refractivity contribution in [3.63, 3.8) is 0 Å². The quantitative estimate of drug-likeness (QED) is 0.678. The summed E-state index contributed by atoms with van der Waals surface area (Å²) in [5, 5.41) is 0. The van der Waals surface area contributed by atoms with E-state index in [1.54, 1.807) is 41.1 Å². The number of benzene rings is 1. The van der Waals surface area contributed by atoms with E-state index in [-0.39, 0.29) is 5.82 Å². The molecule has 0 saturated heterocycles. The zero-order chi connectivity index (χ0) is 14.8. The molecule has 106 valence electrons. The molecule has 3 aromatic rings. The SMILES string of the molecule is COC(=O)Oc1ccc2nc(-c3cccc(F)c3)cn2c1. The zero-order valence-corrected chi connectivity index (χ0v) is 11.1. The Hall–Kier alpha value is -2.89. The molecule has 5 nitrogen and oxygen atoms in total. The van der Waals surface area contributed by atoms with E-state index < -0.39 is 6.16 Å². The predicted molar refractivity (Wildman–Crippen MR) is 73.6 cm³/mol. The van der Waals surface area contributed by atoms with Crippen molar-refractivity contribution in [2.24, 2.45) is 0 Å². The summed E-state index contributed by atoms with van der Waals surface area (Å²) in [6.07, 6.45) is 2.54. The monoisotopic (exact) mass is 286 g/mol. The van der Waals surface area contributed by atoms with Gasteiger partial charge in [0.2, 0.25) is 0 Å². The van der Waals surface area contributed by atoms with Crippen LogP contribution in [0.25, 0.3) is 16.9 Å². The van der Waals surface area contributed by atoms with Crippen LogP contribution in [0.15, 0.2) is 48.8 Å². The molecular weight excluding hydrogens is 275 g/mol. The van der Waals surface area contributed by atoms with Crippen LogP contribution >= 0.6 is 0 Å². The molecule has 0 unspecified atom stereocenters. The summed E-state index contributed by atoms with van der Waals surface area (Å²) in [4.78, 5) is 15.5. The number of rotatable bonds is 2. The number of carbonyl (C=O) groups is 1. The largest absolute Gasteiger partial charge is 0.513 e. The highest BCUT2D eigenvalue weighted by Gasteiger charge is 2.08. The Balaban J connectivity index is 1.98. The van der Waals surface area contributed by atoms with Crippen molar-refractivity contribution in [1.29, 1.82) is 0 Å². The van der Waals surface area contributed by atoms with Crippen LogP contribution < -0.4 is 4.74 Å². The van der Waals surface area contributed by atoms with Gasteiger partial charge in [-0.2, -0.15) is 0 Å². The highest BCUT2D eigenvalue weighted by Crippen LogP contribution is 2.21. The predicted octanol–water partition coefficient (Wildman–Crippen LogP) is 3.29. The minimum absolute atomic E-state index is 0.320. The van der Waals surface area contributed by atoms with Gasteiger partial charge in [-0.1, -0.05) is 12.1 Å². The normalized spacial score (nSPS) is 10.6. The van der Waals surface area contributed by atoms with Crippen molar-refractivity contribution >= 4 is 11.8 Å². The fourth-order valence-electron chi connectivity index (χ4n) is 1.96. The molecule has 2 heterocycles. The molecule has 0 aliphatic carbocycles. The number of ether oxygens (including phenoxy) is 2. The second-order valence-electron chi connectivity index (χ2n) is 4.32. The molecule has 0 radical (unpaired) electrons. The number of methoxy groups -OCH3 is 1. The van der Waals surface area contributed by atoms with Crippen LogP contribution in [0.4, 0.5) is 9.18 Å². The first-order valence-electron chi connectivity index (χ1n) is 6.16. The van der Waals surface area contributed by atoms with Crippen LogP contribution in [0.5, 0.6) is 5.75 Å². The molecule has 0 spiro atoms. The van der Waals surface area contributed by atoms with Gasteiger partial charge in [-0.3, -0.25) is 0 Å². The lowest BCUT2D eigenvalue weighted by atomic mass is 10.2. The van der Waals surface area contributed by atoms with E-state index in [2.05, 4.69) is 9.72 Å². The van der Waals surface area contributed by atoms with E-state index in [1.165, 1.54) is 19.2 Å². The Morgan fingerprint density at radius 1 is 1.24 bits per heavy atom. The highest BCUT2D eigenvalue weighted by molar-refractivity contribution is 5.65. The first kappa shape index (κ1) is 13.1. The lowest BCUT2D eigenvalue weighted by Gasteiger charge is -2.02. The van der Waals surface area contributed by atoms with Crippen molar-refractivity contribution in [3.05, 3.63) is 54.6 Å². The van der Waals surface area contributed by atoms with Gasteiger partial charge in [-0.25, -0.2) is 14.2 Å². The van der Waals surface area contributed by atoms with Gasteiger partial charge in [0.25, 0.3) is 0 Å². The fraction of sp³-hybridized carbons (Fsp3) is 0.0667. The molecule has 0 bridgehead atoms. The molecule has 0 fully saturated rings. The number of hydrogen-bond donors (Lipinski definition) is 0. The van der Waals surface area contributed by atoms with Gasteiger partial charge in [0.1, 0.15) is 11.5 Å². The summed E-state index contributed by atoms with van der Waals surface area (Å²) < 4.78 is 24.3. The standard InChI is InChI=1S/C15H11FN2O3/c1-20-15(19)21-12-5-6-14-17-13(9-18(14)8-12)10-3-2-4-11(16)7-10/h2-9H,1H3. The zero-order valence-electron chi connectivity index (χ0n) is 11.1. The second-order valence-corrected chi connectivity index (χ2v) is 4.32. The van der Waals surface area contributed by atoms with Crippen LogP contribution in [-0.4, -0.2) is 22.6 Å². The molecule has 0 atom stereocenters. The second kappa shape index (κ2) is 5.24. The molecule has 21 heavy (non-hydrogen) atoms. The van der Waals surface area contributed by atoms with Gasteiger partial charge >= 0.3 is 6.16 Å². The molecule has 0 N–H and O–H groups in total. The van der Waals surface area contributed by atoms with Gasteiger partial charge in [0.15, 0.2) is 5.75 Å². The summed E-state index contributed by atoms with van der Waals surface area (Å²) in [7, 11) is 1.24. The lowest BCUT2D eigenvalue weighted by Crippen LogP contribution is -2.07. The number of pyridine rings is 1. The van der Waals surface area contributed by atoms with Crippen molar-refractivity contribution in [1.82, 2.24) is 9.38 Å². The smallest absolute Gasteiger partial charge is 0.437 e. The molecule has 2 aromatic heterocycles. The Kier molecular flexibility index (Phi) is 3.27. The summed E-state index contributed by atoms with van der Waals surface area (Å²) in [5.74, 6) is 0.0109. The molecule has 0 aliphatic heterocycles. The minimum atomic E-state index is -0.792. The molecule has 6 heteroatoms. The maximum atomic E-state index is 13.2. The molecule has 0 amide bonds. The lowest BCUT2D eigenvalue weighted by molar-refractivity contribution is 0.121. The van der Waals surface area contributed by atoms with Gasteiger partial charge in [-0.05, 0) is 24.3 Å². The average molecular weight is 286 g/mol. The number of nitrogens with zero attached hydrogens (tertiary/aromatic N) is 2. The number of hydrogen-bond acceptors (Lipinski definition) is 4. The van der Waals surface area contributed by atoms with E-state index in [0.717, 1.165) is 0 Å². The van der Waals surface area contributed by atoms with Gasteiger partial charge in [0.05, 0.1) is 19.0 Å². The highest BCUT2D eigenvalue weighted by atomic mass is 19.1. The first-order chi connectivity index (χ1) is 10.2. The van der Waals surface area contributed by atoms with Crippen molar-refractivity contribution < 1.29 is 18.7 Å². The minimum Gasteiger partial charge on any atom is -0.437 e. The van der Waals surface area contributed by atoms with Gasteiger partial charge in [0, 0.05) is 11.8 Å². The first-order valence-corrected chi connectivity index (χ1v) is 6.16. The molecule has 3 rings (SSSR count). The molecule has 1 aromatic carbocycles. The summed E-state index contributed by atoms with van der Waals surface area (Å²) in [6.45, 7) is 0. The average Bonchev–Trinajstić information content (AvgIpc) is 2.90. The van der Waals surface area contributed by atoms with E-state index in [4.69, 9.17) is 4.74 Å². The number of fused-ring (bicyclic) bond motifs is 1. The number of halogens is 1. The van der Waals surface area contributed by atoms with Crippen LogP contribution in [0.2, 0.25) is 0 Å². The molecule has 0 aliphatic rings. The van der Waals surface area contributed by atoms with Gasteiger partial charge in [-0.15, -0.1) is 0 Å². The third-order valence-corrected chi connectivity index (χ3v) is 2.91. The third kappa shape index (κ3) is 2.69. The molecule has 0 saturated carbocycles. The Bertz CT molecular complexity index is 814. The van der Waals surface area contributed by atoms with Crippen LogP contribution in [0.3, 0.4) is 0 Å². The summed E-state index contributed by atoms with van der Waals surface area (Å²) in [5.41, 5.74) is 1.96. The Labute approximate surface area is 119 Å². The maximum absolute atomic E-state index is 13.2. The topological polar surface area (TPSA) is 52.8 Å². The van der Waals surface area contributed by atoms with Crippen LogP contribution in [0, 0.1) is 5.82 Å². The third-order valence-electron chi connectivity index (χ3n) is 2.91. The van der Waals surface area contributed by atoms with Crippen LogP contribution in [-0.2, 0) is 4.74 Å². The van der Waals surface area contributed by atoms with Gasteiger partial charge < -0.3 is 13.9 Å². The van der Waals surface area contributed by atoms with E-state index in [0.29, 0.717) is 22.7 Å². The summed E-state index contributed by atoms with van der Waals surface area (Å²) >= 11 is 0. The number of imidazole rings is 1. The van der Waals surface area contributed by atoms with E-state index in [1.807, 2.05) is 0 Å². The van der Waals surface area contributed by atoms with Crippen molar-refractivity contribution in [2.45, 2.75) is 0 Å². The number of carbonyl (C=O) groups excluding carboxylic acids is 1. The van der Waals surface area contributed by atoms with E-state index >= 15 is 0 Å². The Morgan fingerprint density at radius 2 is 2.10 bits per heavy atom. The molecular formula is C15H11FN2O3. The number of aromatic nitrogens is 2.